The minimum Gasteiger partial charge on any atom is -0.159 e. The summed E-state index contributed by atoms with van der Waals surface area (Å²) in [5.41, 5.74) is 0. The molecule has 0 aliphatic heterocycles. The quantitative estimate of drug-likeness (QED) is 0.536. The van der Waals surface area contributed by atoms with Crippen LogP contribution in [0.1, 0.15) is 0 Å². The molecule has 0 aromatic rings. The molecule has 2 nitrogen and oxygen atoms in total. The third-order valence-electron chi connectivity index (χ3n) is 0.601. The molecule has 12 heavy (non-hydrogen) atoms. The molecule has 0 rings (SSSR count). The number of nitrogens with zero attached hydrogens (tertiary/aromatic N) is 2. The maximum absolute atomic E-state index is 5.27. The molecular weight excluding hydrogens is 242 g/mol. The average Bonchev–Trinajstić information content (AvgIpc) is 1.95. The van der Waals surface area contributed by atoms with Gasteiger partial charge in [-0.25, -0.2) is 0 Å². The van der Waals surface area contributed by atoms with Gasteiger partial charge in [-0.3, -0.25) is 0 Å². The van der Waals surface area contributed by atoms with Gasteiger partial charge in [0, 0.05) is 0 Å². The van der Waals surface area contributed by atoms with Gasteiger partial charge in [0.15, 0.2) is 0 Å². The minimum atomic E-state index is 0.111. The molecule has 0 aliphatic rings. The number of allylic oxidation sites excluding steroid dienone is 2. The van der Waals surface area contributed by atoms with E-state index in [4.69, 9.17) is 46.4 Å². The molecular formula is C6H4Cl4N2. The van der Waals surface area contributed by atoms with Crippen molar-refractivity contribution in [3.63, 3.8) is 0 Å². The van der Waals surface area contributed by atoms with Gasteiger partial charge in [0.1, 0.15) is 8.98 Å². The Bertz CT molecular complexity index is 208. The molecule has 0 radical (unpaired) electrons. The van der Waals surface area contributed by atoms with Crippen molar-refractivity contribution in [1.82, 2.24) is 0 Å². The molecule has 0 spiro atoms. The summed E-state index contributed by atoms with van der Waals surface area (Å²) >= 11 is 21.1. The molecule has 6 heteroatoms. The van der Waals surface area contributed by atoms with Gasteiger partial charge in [-0.1, -0.05) is 46.4 Å². The molecule has 66 valence electrons. The van der Waals surface area contributed by atoms with E-state index in [1.165, 1.54) is 24.6 Å². The van der Waals surface area contributed by atoms with Crippen molar-refractivity contribution >= 4 is 58.8 Å². The first-order valence-corrected chi connectivity index (χ1v) is 4.23. The van der Waals surface area contributed by atoms with Crippen molar-refractivity contribution in [2.75, 3.05) is 0 Å². The molecule has 0 heterocycles. The second kappa shape index (κ2) is 7.62. The van der Waals surface area contributed by atoms with Crippen LogP contribution in [0.2, 0.25) is 0 Å². The lowest BCUT2D eigenvalue weighted by Gasteiger charge is -1.76. The average molecular weight is 246 g/mol. The molecule has 0 saturated heterocycles. The fraction of sp³-hybridized carbons (Fsp3) is 0. The highest BCUT2D eigenvalue weighted by Crippen LogP contribution is 2.04. The molecule has 0 aromatic carbocycles. The van der Waals surface area contributed by atoms with Crippen LogP contribution in [-0.4, -0.2) is 12.4 Å². The van der Waals surface area contributed by atoms with Gasteiger partial charge in [-0.15, -0.1) is 0 Å². The van der Waals surface area contributed by atoms with E-state index in [2.05, 4.69) is 10.2 Å². The summed E-state index contributed by atoms with van der Waals surface area (Å²) in [6.45, 7) is 0. The summed E-state index contributed by atoms with van der Waals surface area (Å²) in [4.78, 5) is 0. The van der Waals surface area contributed by atoms with Gasteiger partial charge in [-0.2, -0.15) is 10.2 Å². The van der Waals surface area contributed by atoms with Crippen LogP contribution >= 0.6 is 46.4 Å². The Balaban J connectivity index is 3.83. The van der Waals surface area contributed by atoms with E-state index in [1.807, 2.05) is 0 Å². The Morgan fingerprint density at radius 1 is 0.750 bits per heavy atom. The maximum Gasteiger partial charge on any atom is 0.108 e. The second-order valence-corrected chi connectivity index (χ2v) is 3.46. The zero-order chi connectivity index (χ0) is 9.40. The van der Waals surface area contributed by atoms with Crippen molar-refractivity contribution in [3.8, 4) is 0 Å². The second-order valence-electron chi connectivity index (χ2n) is 1.44. The lowest BCUT2D eigenvalue weighted by atomic mass is 10.7. The first-order chi connectivity index (χ1) is 5.63. The predicted octanol–water partition coefficient (Wildman–Crippen LogP) is 3.68. The monoisotopic (exact) mass is 244 g/mol. The lowest BCUT2D eigenvalue weighted by Crippen LogP contribution is -1.65. The SMILES string of the molecule is ClC(Cl)=C/C=N\N=C/C=C(Cl)Cl. The summed E-state index contributed by atoms with van der Waals surface area (Å²) in [7, 11) is 0. The van der Waals surface area contributed by atoms with Crippen molar-refractivity contribution < 1.29 is 0 Å². The summed E-state index contributed by atoms with van der Waals surface area (Å²) in [5, 5.41) is 7.04. The van der Waals surface area contributed by atoms with Gasteiger partial charge in [0.2, 0.25) is 0 Å². The summed E-state index contributed by atoms with van der Waals surface area (Å²) < 4.78 is 0.222. The normalized spacial score (nSPS) is 10.7. The highest BCUT2D eigenvalue weighted by Gasteiger charge is 1.76. The lowest BCUT2D eigenvalue weighted by molar-refractivity contribution is 1.27. The summed E-state index contributed by atoms with van der Waals surface area (Å²) in [6, 6.07) is 0. The van der Waals surface area contributed by atoms with Gasteiger partial charge in [0.25, 0.3) is 0 Å². The zero-order valence-corrected chi connectivity index (χ0v) is 8.74. The van der Waals surface area contributed by atoms with Crippen molar-refractivity contribution in [2.45, 2.75) is 0 Å². The number of rotatable bonds is 3. The van der Waals surface area contributed by atoms with Crippen LogP contribution < -0.4 is 0 Å². The number of halogens is 4. The van der Waals surface area contributed by atoms with E-state index in [9.17, 15) is 0 Å². The minimum absolute atomic E-state index is 0.111. The van der Waals surface area contributed by atoms with Gasteiger partial charge < -0.3 is 0 Å². The fourth-order valence-corrected chi connectivity index (χ4v) is 0.482. The fourth-order valence-electron chi connectivity index (χ4n) is 0.256. The molecule has 0 saturated carbocycles. The highest BCUT2D eigenvalue weighted by molar-refractivity contribution is 6.56. The Hall–Kier alpha value is -0.0200. The first kappa shape index (κ1) is 12.0. The summed E-state index contributed by atoms with van der Waals surface area (Å²) in [5.74, 6) is 0. The van der Waals surface area contributed by atoms with E-state index in [1.54, 1.807) is 0 Å². The number of hydrogen-bond donors (Lipinski definition) is 0. The van der Waals surface area contributed by atoms with Crippen molar-refractivity contribution in [3.05, 3.63) is 21.1 Å². The largest absolute Gasteiger partial charge is 0.159 e. The third-order valence-corrected chi connectivity index (χ3v) is 1.11. The van der Waals surface area contributed by atoms with Crippen LogP contribution in [0.5, 0.6) is 0 Å². The molecule has 0 aromatic heterocycles. The Kier molecular flexibility index (Phi) is 7.61. The van der Waals surface area contributed by atoms with Crippen LogP contribution in [0.4, 0.5) is 0 Å². The zero-order valence-electron chi connectivity index (χ0n) is 5.72. The smallest absolute Gasteiger partial charge is 0.108 e. The first-order valence-electron chi connectivity index (χ1n) is 2.72. The maximum atomic E-state index is 5.27. The molecule has 0 N–H and O–H groups in total. The Labute approximate surface area is 90.2 Å². The third kappa shape index (κ3) is 9.98. The van der Waals surface area contributed by atoms with Gasteiger partial charge in [-0.05, 0) is 12.2 Å². The van der Waals surface area contributed by atoms with Crippen LogP contribution in [0.15, 0.2) is 31.3 Å². The van der Waals surface area contributed by atoms with E-state index in [-0.39, 0.29) is 8.98 Å². The van der Waals surface area contributed by atoms with Gasteiger partial charge >= 0.3 is 0 Å². The molecule has 0 aliphatic carbocycles. The van der Waals surface area contributed by atoms with Crippen molar-refractivity contribution in [1.29, 1.82) is 0 Å². The Morgan fingerprint density at radius 2 is 1.08 bits per heavy atom. The number of hydrogen-bond acceptors (Lipinski definition) is 2. The van der Waals surface area contributed by atoms with Gasteiger partial charge in [0.05, 0.1) is 12.4 Å². The van der Waals surface area contributed by atoms with Crippen LogP contribution in [0.3, 0.4) is 0 Å². The summed E-state index contributed by atoms with van der Waals surface area (Å²) in [6.07, 6.45) is 5.43. The van der Waals surface area contributed by atoms with Crippen LogP contribution in [0.25, 0.3) is 0 Å². The van der Waals surface area contributed by atoms with Crippen LogP contribution in [-0.2, 0) is 0 Å². The molecule has 0 bridgehead atoms. The molecule has 0 unspecified atom stereocenters. The van der Waals surface area contributed by atoms with E-state index in [0.29, 0.717) is 0 Å². The predicted molar refractivity (Wildman–Crippen MR) is 56.6 cm³/mol. The van der Waals surface area contributed by atoms with E-state index < -0.39 is 0 Å². The van der Waals surface area contributed by atoms with Crippen LogP contribution in [0, 0.1) is 0 Å². The molecule has 0 amide bonds. The molecule has 0 fully saturated rings. The van der Waals surface area contributed by atoms with E-state index >= 15 is 0 Å². The Morgan fingerprint density at radius 3 is 1.33 bits per heavy atom. The topological polar surface area (TPSA) is 24.7 Å². The van der Waals surface area contributed by atoms with E-state index in [0.717, 1.165) is 0 Å². The van der Waals surface area contributed by atoms with Crippen molar-refractivity contribution in [2.24, 2.45) is 10.2 Å². The highest BCUT2D eigenvalue weighted by atomic mass is 35.5. The standard InChI is InChI=1S/C6H4Cl4N2/c7-5(8)1-3-11-12-4-2-6(9)10/h1-4H/b11-3-,12-4-. The molecule has 0 atom stereocenters.